The maximum Gasteiger partial charge on any atom is 0.336 e. The Hall–Kier alpha value is -1.46. The molecule has 1 unspecified atom stereocenters. The lowest BCUT2D eigenvalue weighted by atomic mass is 10.1. The summed E-state index contributed by atoms with van der Waals surface area (Å²) in [6, 6.07) is 14.7. The molecule has 2 rings (SSSR count). The van der Waals surface area contributed by atoms with Gasteiger partial charge in [-0.05, 0) is 36.6 Å². The zero-order valence-corrected chi connectivity index (χ0v) is 13.7. The SMILES string of the molecule is O=C(O)c1ccc(Br)cc1S(=O)CCCc1ccccc1. The van der Waals surface area contributed by atoms with Crippen LogP contribution in [0.2, 0.25) is 0 Å². The first-order valence-corrected chi connectivity index (χ1v) is 8.64. The Bertz CT molecular complexity index is 656. The molecular formula is C16H15BrO3S. The number of halogens is 1. The quantitative estimate of drug-likeness (QED) is 0.843. The van der Waals surface area contributed by atoms with Crippen LogP contribution in [0.5, 0.6) is 0 Å². The van der Waals surface area contributed by atoms with Gasteiger partial charge in [0.15, 0.2) is 0 Å². The van der Waals surface area contributed by atoms with Crippen molar-refractivity contribution in [2.24, 2.45) is 0 Å². The lowest BCUT2D eigenvalue weighted by Gasteiger charge is -2.07. The fourth-order valence-corrected chi connectivity index (χ4v) is 3.82. The molecule has 0 radical (unpaired) electrons. The molecule has 0 aliphatic heterocycles. The minimum atomic E-state index is -1.31. The van der Waals surface area contributed by atoms with E-state index in [0.29, 0.717) is 10.6 Å². The predicted octanol–water partition coefficient (Wildman–Crippen LogP) is 3.89. The maximum atomic E-state index is 12.3. The van der Waals surface area contributed by atoms with Crippen molar-refractivity contribution in [3.63, 3.8) is 0 Å². The summed E-state index contributed by atoms with van der Waals surface area (Å²) in [4.78, 5) is 11.6. The Morgan fingerprint density at radius 3 is 2.52 bits per heavy atom. The first-order valence-electron chi connectivity index (χ1n) is 6.53. The Morgan fingerprint density at radius 2 is 1.86 bits per heavy atom. The van der Waals surface area contributed by atoms with E-state index in [1.54, 1.807) is 12.1 Å². The summed E-state index contributed by atoms with van der Waals surface area (Å²) in [7, 11) is -1.31. The van der Waals surface area contributed by atoms with E-state index in [9.17, 15) is 9.00 Å². The van der Waals surface area contributed by atoms with Gasteiger partial charge in [0.1, 0.15) is 0 Å². The highest BCUT2D eigenvalue weighted by atomic mass is 79.9. The van der Waals surface area contributed by atoms with Crippen molar-refractivity contribution in [2.45, 2.75) is 17.7 Å². The zero-order valence-electron chi connectivity index (χ0n) is 11.3. The summed E-state index contributed by atoms with van der Waals surface area (Å²) in [6.07, 6.45) is 1.59. The number of hydrogen-bond donors (Lipinski definition) is 1. The number of rotatable bonds is 6. The summed E-state index contributed by atoms with van der Waals surface area (Å²) in [5.41, 5.74) is 1.30. The average molecular weight is 367 g/mol. The normalized spacial score (nSPS) is 12.0. The van der Waals surface area contributed by atoms with Gasteiger partial charge in [0.2, 0.25) is 0 Å². The lowest BCUT2D eigenvalue weighted by Crippen LogP contribution is -2.07. The van der Waals surface area contributed by atoms with Crippen LogP contribution in [0.4, 0.5) is 0 Å². The second kappa shape index (κ2) is 7.52. The Morgan fingerprint density at radius 1 is 1.14 bits per heavy atom. The van der Waals surface area contributed by atoms with E-state index >= 15 is 0 Å². The van der Waals surface area contributed by atoms with Crippen molar-refractivity contribution >= 4 is 32.7 Å². The van der Waals surface area contributed by atoms with Crippen LogP contribution in [-0.2, 0) is 17.2 Å². The first kappa shape index (κ1) is 15.9. The monoisotopic (exact) mass is 366 g/mol. The number of benzene rings is 2. The number of carbonyl (C=O) groups is 1. The lowest BCUT2D eigenvalue weighted by molar-refractivity contribution is 0.0693. The van der Waals surface area contributed by atoms with Crippen molar-refractivity contribution in [3.8, 4) is 0 Å². The number of carboxylic acid groups (broad SMARTS) is 1. The van der Waals surface area contributed by atoms with Gasteiger partial charge in [-0.3, -0.25) is 4.21 Å². The van der Waals surface area contributed by atoms with Crippen molar-refractivity contribution in [3.05, 3.63) is 64.1 Å². The van der Waals surface area contributed by atoms with Gasteiger partial charge >= 0.3 is 5.97 Å². The van der Waals surface area contributed by atoms with Crippen LogP contribution in [0.25, 0.3) is 0 Å². The second-order valence-corrected chi connectivity index (χ2v) is 7.04. The van der Waals surface area contributed by atoms with Crippen molar-refractivity contribution in [2.75, 3.05) is 5.75 Å². The third-order valence-corrected chi connectivity index (χ3v) is 5.04. The van der Waals surface area contributed by atoms with Crippen LogP contribution in [0.1, 0.15) is 22.3 Å². The third-order valence-electron chi connectivity index (χ3n) is 3.06. The van der Waals surface area contributed by atoms with Crippen molar-refractivity contribution < 1.29 is 14.1 Å². The summed E-state index contributed by atoms with van der Waals surface area (Å²) in [6.45, 7) is 0. The Kier molecular flexibility index (Phi) is 5.70. The molecule has 0 fully saturated rings. The van der Waals surface area contributed by atoms with E-state index < -0.39 is 16.8 Å². The largest absolute Gasteiger partial charge is 0.478 e. The molecule has 21 heavy (non-hydrogen) atoms. The summed E-state index contributed by atoms with van der Waals surface area (Å²) < 4.78 is 13.1. The number of aryl methyl sites for hydroxylation is 1. The average Bonchev–Trinajstić information content (AvgIpc) is 2.47. The van der Waals surface area contributed by atoms with E-state index in [0.717, 1.165) is 17.3 Å². The Labute approximate surface area is 134 Å². The zero-order chi connectivity index (χ0) is 15.2. The molecule has 0 bridgehead atoms. The molecule has 2 aromatic rings. The topological polar surface area (TPSA) is 54.4 Å². The predicted molar refractivity (Wildman–Crippen MR) is 87.1 cm³/mol. The molecule has 110 valence electrons. The molecule has 0 aromatic heterocycles. The molecular weight excluding hydrogens is 352 g/mol. The van der Waals surface area contributed by atoms with Crippen LogP contribution in [0.15, 0.2) is 57.9 Å². The number of hydrogen-bond acceptors (Lipinski definition) is 2. The highest BCUT2D eigenvalue weighted by Crippen LogP contribution is 2.21. The van der Waals surface area contributed by atoms with Gasteiger partial charge in [-0.25, -0.2) is 4.79 Å². The van der Waals surface area contributed by atoms with Crippen LogP contribution in [-0.4, -0.2) is 21.0 Å². The smallest absolute Gasteiger partial charge is 0.336 e. The third kappa shape index (κ3) is 4.51. The summed E-state index contributed by atoms with van der Waals surface area (Å²) in [5, 5.41) is 9.16. The van der Waals surface area contributed by atoms with Gasteiger partial charge in [-0.15, -0.1) is 0 Å². The molecule has 2 aromatic carbocycles. The molecule has 0 saturated heterocycles. The van der Waals surface area contributed by atoms with Gasteiger partial charge in [0.05, 0.1) is 21.3 Å². The van der Waals surface area contributed by atoms with Crippen LogP contribution in [0, 0.1) is 0 Å². The summed E-state index contributed by atoms with van der Waals surface area (Å²) >= 11 is 3.29. The fraction of sp³-hybridized carbons (Fsp3) is 0.188. The molecule has 0 saturated carbocycles. The maximum absolute atomic E-state index is 12.3. The Balaban J connectivity index is 2.03. The van der Waals surface area contributed by atoms with E-state index in [1.807, 2.05) is 30.3 Å². The second-order valence-electron chi connectivity index (χ2n) is 4.58. The molecule has 1 atom stereocenters. The van der Waals surface area contributed by atoms with Gasteiger partial charge in [-0.1, -0.05) is 46.3 Å². The molecule has 0 amide bonds. The molecule has 3 nitrogen and oxygen atoms in total. The van der Waals surface area contributed by atoms with Crippen LogP contribution in [0.3, 0.4) is 0 Å². The van der Waals surface area contributed by atoms with Gasteiger partial charge in [-0.2, -0.15) is 0 Å². The van der Waals surface area contributed by atoms with Crippen molar-refractivity contribution in [1.29, 1.82) is 0 Å². The molecule has 0 heterocycles. The molecule has 0 aliphatic carbocycles. The number of carboxylic acids is 1. The fourth-order valence-electron chi connectivity index (χ4n) is 2.02. The molecule has 1 N–H and O–H groups in total. The number of aromatic carboxylic acids is 1. The highest BCUT2D eigenvalue weighted by Gasteiger charge is 2.15. The minimum Gasteiger partial charge on any atom is -0.478 e. The first-order chi connectivity index (χ1) is 10.1. The van der Waals surface area contributed by atoms with E-state index in [1.165, 1.54) is 11.6 Å². The summed E-state index contributed by atoms with van der Waals surface area (Å²) in [5.74, 6) is -0.597. The van der Waals surface area contributed by atoms with E-state index in [-0.39, 0.29) is 5.56 Å². The standard InChI is InChI=1S/C16H15BrO3S/c17-13-8-9-14(16(18)19)15(11-13)21(20)10-4-7-12-5-2-1-3-6-12/h1-3,5-6,8-9,11H,4,7,10H2,(H,18,19). The van der Waals surface area contributed by atoms with Gasteiger partial charge < -0.3 is 5.11 Å². The van der Waals surface area contributed by atoms with Gasteiger partial charge in [0.25, 0.3) is 0 Å². The van der Waals surface area contributed by atoms with Crippen LogP contribution >= 0.6 is 15.9 Å². The van der Waals surface area contributed by atoms with Gasteiger partial charge in [0, 0.05) is 10.2 Å². The van der Waals surface area contributed by atoms with E-state index in [4.69, 9.17) is 5.11 Å². The van der Waals surface area contributed by atoms with Crippen LogP contribution < -0.4 is 0 Å². The molecule has 0 spiro atoms. The minimum absolute atomic E-state index is 0.108. The molecule has 0 aliphatic rings. The molecule has 5 heteroatoms. The van der Waals surface area contributed by atoms with Crippen molar-refractivity contribution in [1.82, 2.24) is 0 Å². The van der Waals surface area contributed by atoms with E-state index in [2.05, 4.69) is 15.9 Å². The highest BCUT2D eigenvalue weighted by molar-refractivity contribution is 9.10.